The van der Waals surface area contributed by atoms with Crippen molar-refractivity contribution in [3.05, 3.63) is 29.8 Å². The molecule has 1 aliphatic rings. The minimum absolute atomic E-state index is 0.0466. The van der Waals surface area contributed by atoms with E-state index in [9.17, 15) is 18.0 Å². The third-order valence-corrected chi connectivity index (χ3v) is 4.39. The summed E-state index contributed by atoms with van der Waals surface area (Å²) < 4.78 is 38.0. The highest BCUT2D eigenvalue weighted by Crippen LogP contribution is 2.19. The lowest BCUT2D eigenvalue weighted by molar-refractivity contribution is -0.152. The maximum absolute atomic E-state index is 12.7. The first-order chi connectivity index (χ1) is 12.3. The van der Waals surface area contributed by atoms with Crippen molar-refractivity contribution >= 4 is 11.6 Å². The van der Waals surface area contributed by atoms with Gasteiger partial charge in [0.25, 0.3) is 0 Å². The molecule has 0 saturated carbocycles. The minimum atomic E-state index is -4.36. The lowest BCUT2D eigenvalue weighted by Gasteiger charge is -2.37. The number of aryl methyl sites for hydroxylation is 1. The van der Waals surface area contributed by atoms with Crippen LogP contribution in [0.25, 0.3) is 0 Å². The summed E-state index contributed by atoms with van der Waals surface area (Å²) in [6.07, 6.45) is -4.15. The van der Waals surface area contributed by atoms with Crippen LogP contribution < -0.4 is 4.90 Å². The van der Waals surface area contributed by atoms with Gasteiger partial charge in [0.05, 0.1) is 13.1 Å². The zero-order valence-corrected chi connectivity index (χ0v) is 15.0. The van der Waals surface area contributed by atoms with Gasteiger partial charge in [-0.1, -0.05) is 12.1 Å². The van der Waals surface area contributed by atoms with E-state index in [0.29, 0.717) is 26.2 Å². The highest BCUT2D eigenvalue weighted by Gasteiger charge is 2.32. The largest absolute Gasteiger partial charge is 0.401 e. The molecule has 1 saturated heterocycles. The van der Waals surface area contributed by atoms with Crippen LogP contribution in [0.5, 0.6) is 0 Å². The van der Waals surface area contributed by atoms with Crippen LogP contribution in [0.2, 0.25) is 0 Å². The van der Waals surface area contributed by atoms with Crippen molar-refractivity contribution in [1.82, 2.24) is 9.80 Å². The molecule has 26 heavy (non-hydrogen) atoms. The van der Waals surface area contributed by atoms with Crippen molar-refractivity contribution in [3.63, 3.8) is 0 Å². The Morgan fingerprint density at radius 1 is 1.23 bits per heavy atom. The second-order valence-electron chi connectivity index (χ2n) is 6.61. The monoisotopic (exact) mass is 373 g/mol. The van der Waals surface area contributed by atoms with E-state index in [1.807, 2.05) is 25.1 Å². The number of alkyl halides is 3. The van der Waals surface area contributed by atoms with Gasteiger partial charge in [-0.2, -0.15) is 13.2 Å². The standard InChI is InChI=1S/C18H26F3N3O2/c1-15-4-2-5-16(12-15)23-7-9-24(10-8-23)17(26)13-22(6-3-11-25)14-18(19,20)21/h2,4-5,12,25H,3,6-11,13-14H2,1H3. The molecule has 8 heteroatoms. The fourth-order valence-corrected chi connectivity index (χ4v) is 3.09. The Morgan fingerprint density at radius 3 is 2.50 bits per heavy atom. The van der Waals surface area contributed by atoms with E-state index in [2.05, 4.69) is 11.0 Å². The Bertz CT molecular complexity index is 587. The number of aliphatic hydroxyl groups excluding tert-OH is 1. The van der Waals surface area contributed by atoms with Gasteiger partial charge in [-0.25, -0.2) is 0 Å². The van der Waals surface area contributed by atoms with E-state index >= 15 is 0 Å². The van der Waals surface area contributed by atoms with Gasteiger partial charge >= 0.3 is 6.18 Å². The second-order valence-corrected chi connectivity index (χ2v) is 6.61. The lowest BCUT2D eigenvalue weighted by Crippen LogP contribution is -2.52. The van der Waals surface area contributed by atoms with Crippen LogP contribution >= 0.6 is 0 Å². The molecule has 0 radical (unpaired) electrons. The van der Waals surface area contributed by atoms with Crippen molar-refractivity contribution < 1.29 is 23.1 Å². The minimum Gasteiger partial charge on any atom is -0.396 e. The molecule has 1 amide bonds. The second kappa shape index (κ2) is 9.23. The summed E-state index contributed by atoms with van der Waals surface area (Å²) in [5.74, 6) is -0.295. The zero-order valence-electron chi connectivity index (χ0n) is 15.0. The van der Waals surface area contributed by atoms with Crippen molar-refractivity contribution in [2.75, 3.05) is 57.3 Å². The molecule has 1 aliphatic heterocycles. The van der Waals surface area contributed by atoms with Crippen LogP contribution in [0, 0.1) is 6.92 Å². The molecular formula is C18H26F3N3O2. The van der Waals surface area contributed by atoms with Crippen LogP contribution in [-0.2, 0) is 4.79 Å². The van der Waals surface area contributed by atoms with Crippen LogP contribution in [0.15, 0.2) is 24.3 Å². The number of aliphatic hydroxyl groups is 1. The van der Waals surface area contributed by atoms with Gasteiger partial charge in [-0.3, -0.25) is 9.69 Å². The summed E-state index contributed by atoms with van der Waals surface area (Å²) in [6.45, 7) is 2.76. The molecule has 0 atom stereocenters. The summed E-state index contributed by atoms with van der Waals surface area (Å²) >= 11 is 0. The van der Waals surface area contributed by atoms with Gasteiger partial charge in [-0.15, -0.1) is 0 Å². The summed E-state index contributed by atoms with van der Waals surface area (Å²) in [4.78, 5) is 17.2. The number of hydrogen-bond donors (Lipinski definition) is 1. The first-order valence-corrected chi connectivity index (χ1v) is 8.78. The molecule has 1 aromatic rings. The van der Waals surface area contributed by atoms with Gasteiger partial charge < -0.3 is 14.9 Å². The predicted molar refractivity (Wildman–Crippen MR) is 94.2 cm³/mol. The Kier molecular flexibility index (Phi) is 7.28. The number of nitrogens with zero attached hydrogens (tertiary/aromatic N) is 3. The number of halogens is 3. The third-order valence-electron chi connectivity index (χ3n) is 4.39. The van der Waals surface area contributed by atoms with E-state index < -0.39 is 12.7 Å². The number of amides is 1. The molecule has 1 heterocycles. The maximum atomic E-state index is 12.7. The molecule has 5 nitrogen and oxygen atoms in total. The van der Waals surface area contributed by atoms with Crippen molar-refractivity contribution in [1.29, 1.82) is 0 Å². The van der Waals surface area contributed by atoms with Gasteiger partial charge in [0.15, 0.2) is 0 Å². The quantitative estimate of drug-likeness (QED) is 0.793. The Balaban J connectivity index is 1.87. The van der Waals surface area contributed by atoms with Gasteiger partial charge in [0, 0.05) is 45.0 Å². The summed E-state index contributed by atoms with van der Waals surface area (Å²) in [5.41, 5.74) is 2.26. The topological polar surface area (TPSA) is 47.0 Å². The molecule has 0 unspecified atom stereocenters. The zero-order chi connectivity index (χ0) is 19.2. The van der Waals surface area contributed by atoms with Gasteiger partial charge in [-0.05, 0) is 31.0 Å². The Labute approximate surface area is 152 Å². The highest BCUT2D eigenvalue weighted by molar-refractivity contribution is 5.78. The van der Waals surface area contributed by atoms with Crippen LogP contribution in [0.1, 0.15) is 12.0 Å². The summed E-state index contributed by atoms with van der Waals surface area (Å²) in [5, 5.41) is 8.84. The molecule has 2 rings (SSSR count). The summed E-state index contributed by atoms with van der Waals surface area (Å²) in [7, 11) is 0. The first-order valence-electron chi connectivity index (χ1n) is 8.78. The number of piperazine rings is 1. The number of carbonyl (C=O) groups is 1. The fraction of sp³-hybridized carbons (Fsp3) is 0.611. The van der Waals surface area contributed by atoms with E-state index in [0.717, 1.165) is 16.2 Å². The Morgan fingerprint density at radius 2 is 1.92 bits per heavy atom. The van der Waals surface area contributed by atoms with Crippen molar-refractivity contribution in [3.8, 4) is 0 Å². The number of rotatable bonds is 7. The third kappa shape index (κ3) is 6.49. The number of benzene rings is 1. The molecule has 1 aromatic carbocycles. The Hall–Kier alpha value is -1.80. The lowest BCUT2D eigenvalue weighted by atomic mass is 10.2. The maximum Gasteiger partial charge on any atom is 0.401 e. The molecule has 0 bridgehead atoms. The van der Waals surface area contributed by atoms with Gasteiger partial charge in [0.1, 0.15) is 0 Å². The molecule has 0 aromatic heterocycles. The van der Waals surface area contributed by atoms with E-state index in [4.69, 9.17) is 5.11 Å². The van der Waals surface area contributed by atoms with E-state index in [1.54, 1.807) is 4.90 Å². The van der Waals surface area contributed by atoms with Crippen LogP contribution in [0.3, 0.4) is 0 Å². The number of anilines is 1. The fourth-order valence-electron chi connectivity index (χ4n) is 3.09. The molecular weight excluding hydrogens is 347 g/mol. The average Bonchev–Trinajstić information content (AvgIpc) is 2.58. The highest BCUT2D eigenvalue weighted by atomic mass is 19.4. The van der Waals surface area contributed by atoms with Crippen molar-refractivity contribution in [2.24, 2.45) is 0 Å². The normalized spacial score (nSPS) is 15.6. The molecule has 146 valence electrons. The predicted octanol–water partition coefficient (Wildman–Crippen LogP) is 1.89. The van der Waals surface area contributed by atoms with Crippen molar-refractivity contribution in [2.45, 2.75) is 19.5 Å². The molecule has 0 spiro atoms. The van der Waals surface area contributed by atoms with Gasteiger partial charge in [0.2, 0.25) is 5.91 Å². The average molecular weight is 373 g/mol. The van der Waals surface area contributed by atoms with Crippen LogP contribution in [0.4, 0.5) is 18.9 Å². The van der Waals surface area contributed by atoms with Crippen LogP contribution in [-0.4, -0.2) is 79.4 Å². The first kappa shape index (κ1) is 20.5. The molecule has 1 fully saturated rings. The van der Waals surface area contributed by atoms with E-state index in [-0.39, 0.29) is 32.0 Å². The SMILES string of the molecule is Cc1cccc(N2CCN(C(=O)CN(CCCO)CC(F)(F)F)CC2)c1. The van der Waals surface area contributed by atoms with E-state index in [1.165, 1.54) is 0 Å². The number of carbonyl (C=O) groups excluding carboxylic acids is 1. The summed E-state index contributed by atoms with van der Waals surface area (Å²) in [6, 6.07) is 8.10. The smallest absolute Gasteiger partial charge is 0.396 e. The molecule has 1 N–H and O–H groups in total. The number of hydrogen-bond acceptors (Lipinski definition) is 4. The molecule has 0 aliphatic carbocycles.